The lowest BCUT2D eigenvalue weighted by Gasteiger charge is -2.37. The molecule has 0 radical (unpaired) electrons. The van der Waals surface area contributed by atoms with Gasteiger partial charge in [-0.2, -0.15) is 4.31 Å². The maximum atomic E-state index is 14.3. The molecule has 1 aromatic rings. The number of amides is 5. The van der Waals surface area contributed by atoms with Crippen molar-refractivity contribution in [2.75, 3.05) is 20.1 Å². The standard InChI is InChI=1S/C35H56N6O7S/c1-9-22(4)27(20-40(8)49(47,48)24-13-11-10-12-14-24)38-34(46)39-30(35(5,6)7)33(45)41-18-17-25(21(2)3)28(41)32(44)37-26(19-23-15-16-23)29(42)31(36)43/h10-14,21-23,25-28,30H,9,15-20H2,1-8H3,(H2,36,43)(H,37,44)(H2,38,39,46)/t22-,25+,26?,27+,28-,30+/m0/s1. The van der Waals surface area contributed by atoms with Gasteiger partial charge in [-0.05, 0) is 54.1 Å². The van der Waals surface area contributed by atoms with Gasteiger partial charge in [0, 0.05) is 26.2 Å². The topological polar surface area (TPSA) is 188 Å². The molecule has 1 heterocycles. The number of carbonyl (C=O) groups is 5. The molecule has 13 nitrogen and oxygen atoms in total. The number of nitrogens with one attached hydrogen (secondary N) is 3. The first-order chi connectivity index (χ1) is 22.8. The average molecular weight is 705 g/mol. The molecule has 5 amide bonds. The van der Waals surface area contributed by atoms with Gasteiger partial charge in [0.25, 0.3) is 5.91 Å². The molecule has 1 saturated heterocycles. The molecule has 2 fully saturated rings. The van der Waals surface area contributed by atoms with Crippen LogP contribution in [-0.4, -0.2) is 91.5 Å². The lowest BCUT2D eigenvalue weighted by Crippen LogP contribution is -2.62. The van der Waals surface area contributed by atoms with E-state index in [0.29, 0.717) is 19.3 Å². The molecular weight excluding hydrogens is 648 g/mol. The Morgan fingerprint density at radius 3 is 2.10 bits per heavy atom. The largest absolute Gasteiger partial charge is 0.363 e. The van der Waals surface area contributed by atoms with Crippen molar-refractivity contribution in [2.24, 2.45) is 34.8 Å². The summed E-state index contributed by atoms with van der Waals surface area (Å²) in [4.78, 5) is 67.9. The van der Waals surface area contributed by atoms with Crippen molar-refractivity contribution < 1.29 is 32.4 Å². The molecule has 14 heteroatoms. The summed E-state index contributed by atoms with van der Waals surface area (Å²) in [5.74, 6) is -3.03. The SMILES string of the molecule is CC[C@H](C)[C@@H](CN(C)S(=O)(=O)c1ccccc1)NC(=O)N[C@H](C(=O)N1CC[C@H](C(C)C)[C@H]1C(=O)NC(CC1CC1)C(=O)C(N)=O)C(C)(C)C. The molecule has 1 aliphatic heterocycles. The van der Waals surface area contributed by atoms with Crippen LogP contribution in [0.15, 0.2) is 35.2 Å². The third-order valence-corrected chi connectivity index (χ3v) is 11.8. The zero-order valence-electron chi connectivity index (χ0n) is 30.2. The van der Waals surface area contributed by atoms with Crippen LogP contribution >= 0.6 is 0 Å². The Morgan fingerprint density at radius 1 is 0.980 bits per heavy atom. The molecule has 3 rings (SSSR count). The molecule has 0 bridgehead atoms. The van der Waals surface area contributed by atoms with Gasteiger partial charge < -0.3 is 26.6 Å². The monoisotopic (exact) mass is 704 g/mol. The van der Waals surface area contributed by atoms with E-state index in [0.717, 1.165) is 12.8 Å². The van der Waals surface area contributed by atoms with Gasteiger partial charge >= 0.3 is 6.03 Å². The number of benzene rings is 1. The fourth-order valence-electron chi connectivity index (χ4n) is 6.40. The number of carbonyl (C=O) groups excluding carboxylic acids is 5. The highest BCUT2D eigenvalue weighted by atomic mass is 32.2. The van der Waals surface area contributed by atoms with Crippen molar-refractivity contribution in [3.05, 3.63) is 30.3 Å². The Bertz CT molecular complexity index is 1460. The number of primary amides is 1. The summed E-state index contributed by atoms with van der Waals surface area (Å²) < 4.78 is 27.7. The van der Waals surface area contributed by atoms with Crippen molar-refractivity contribution in [1.82, 2.24) is 25.2 Å². The van der Waals surface area contributed by atoms with Crippen LogP contribution in [0.5, 0.6) is 0 Å². The molecule has 1 unspecified atom stereocenters. The number of ketones is 1. The number of hydrogen-bond acceptors (Lipinski definition) is 7. The van der Waals surface area contributed by atoms with Crippen LogP contribution in [0.4, 0.5) is 4.79 Å². The van der Waals surface area contributed by atoms with Gasteiger partial charge in [-0.3, -0.25) is 19.2 Å². The predicted molar refractivity (Wildman–Crippen MR) is 186 cm³/mol. The van der Waals surface area contributed by atoms with E-state index in [-0.39, 0.29) is 41.7 Å². The second-order valence-corrected chi connectivity index (χ2v) is 17.2. The van der Waals surface area contributed by atoms with E-state index in [1.807, 2.05) is 48.5 Å². The van der Waals surface area contributed by atoms with Crippen molar-refractivity contribution >= 4 is 39.6 Å². The summed E-state index contributed by atoms with van der Waals surface area (Å²) >= 11 is 0. The van der Waals surface area contributed by atoms with Gasteiger partial charge in [-0.25, -0.2) is 13.2 Å². The van der Waals surface area contributed by atoms with E-state index in [9.17, 15) is 32.4 Å². The van der Waals surface area contributed by atoms with Crippen LogP contribution in [0.1, 0.15) is 80.6 Å². The minimum absolute atomic E-state index is 0.00424. The normalized spacial score (nSPS) is 20.7. The van der Waals surface area contributed by atoms with Crippen LogP contribution in [0.25, 0.3) is 0 Å². The Hall–Kier alpha value is -3.52. The second kappa shape index (κ2) is 16.5. The van der Waals surface area contributed by atoms with E-state index in [1.165, 1.54) is 28.4 Å². The molecule has 49 heavy (non-hydrogen) atoms. The number of rotatable bonds is 16. The number of sulfonamides is 1. The van der Waals surface area contributed by atoms with Crippen LogP contribution in [0, 0.1) is 29.1 Å². The minimum atomic E-state index is -3.82. The van der Waals surface area contributed by atoms with Crippen molar-refractivity contribution in [1.29, 1.82) is 0 Å². The lowest BCUT2D eigenvalue weighted by atomic mass is 9.84. The number of nitrogens with zero attached hydrogens (tertiary/aromatic N) is 2. The summed E-state index contributed by atoms with van der Waals surface area (Å²) in [6, 6.07) is 3.81. The van der Waals surface area contributed by atoms with Crippen molar-refractivity contribution in [3.63, 3.8) is 0 Å². The summed E-state index contributed by atoms with van der Waals surface area (Å²) in [7, 11) is -2.35. The number of hydrogen-bond donors (Lipinski definition) is 4. The molecule has 274 valence electrons. The number of Topliss-reactive ketones (excluding diaryl/α,β-unsaturated/α-hetero) is 1. The van der Waals surface area contributed by atoms with Crippen molar-refractivity contribution in [2.45, 2.75) is 110 Å². The van der Waals surface area contributed by atoms with Crippen LogP contribution in [0.3, 0.4) is 0 Å². The number of nitrogens with two attached hydrogens (primary N) is 1. The van der Waals surface area contributed by atoms with Gasteiger partial charge in [-0.1, -0.05) is 85.9 Å². The first kappa shape index (κ1) is 39.9. The number of urea groups is 1. The molecule has 1 aliphatic carbocycles. The zero-order chi connectivity index (χ0) is 36.8. The molecule has 1 saturated carbocycles. The first-order valence-electron chi connectivity index (χ1n) is 17.3. The van der Waals surface area contributed by atoms with Gasteiger partial charge in [0.15, 0.2) is 0 Å². The Morgan fingerprint density at radius 2 is 1.59 bits per heavy atom. The van der Waals surface area contributed by atoms with Gasteiger partial charge in [0.1, 0.15) is 12.1 Å². The van der Waals surface area contributed by atoms with Crippen LogP contribution in [0.2, 0.25) is 0 Å². The fraction of sp³-hybridized carbons (Fsp3) is 0.686. The average Bonchev–Trinajstić information content (AvgIpc) is 3.74. The summed E-state index contributed by atoms with van der Waals surface area (Å²) in [6.07, 6.45) is 3.32. The maximum Gasteiger partial charge on any atom is 0.315 e. The molecule has 1 aromatic carbocycles. The van der Waals surface area contributed by atoms with Crippen LogP contribution in [-0.2, 0) is 29.2 Å². The van der Waals surface area contributed by atoms with Gasteiger partial charge in [0.2, 0.25) is 27.6 Å². The molecule has 6 atom stereocenters. The van der Waals surface area contributed by atoms with Crippen LogP contribution < -0.4 is 21.7 Å². The van der Waals surface area contributed by atoms with Gasteiger partial charge in [-0.15, -0.1) is 0 Å². The lowest BCUT2D eigenvalue weighted by molar-refractivity contribution is -0.144. The fourth-order valence-corrected chi connectivity index (χ4v) is 7.62. The van der Waals surface area contributed by atoms with E-state index >= 15 is 0 Å². The second-order valence-electron chi connectivity index (χ2n) is 15.1. The third kappa shape index (κ3) is 10.3. The highest BCUT2D eigenvalue weighted by molar-refractivity contribution is 7.89. The van der Waals surface area contributed by atoms with E-state index < -0.39 is 69.1 Å². The third-order valence-electron chi connectivity index (χ3n) is 9.94. The highest BCUT2D eigenvalue weighted by Crippen LogP contribution is 2.35. The van der Waals surface area contributed by atoms with Gasteiger partial charge in [0.05, 0.1) is 10.9 Å². The molecule has 0 spiro atoms. The van der Waals surface area contributed by atoms with E-state index in [2.05, 4.69) is 16.0 Å². The summed E-state index contributed by atoms with van der Waals surface area (Å²) in [6.45, 7) is 13.5. The summed E-state index contributed by atoms with van der Waals surface area (Å²) in [5, 5.41) is 8.51. The highest BCUT2D eigenvalue weighted by Gasteiger charge is 2.48. The van der Waals surface area contributed by atoms with E-state index in [1.54, 1.807) is 18.2 Å². The maximum absolute atomic E-state index is 14.3. The predicted octanol–water partition coefficient (Wildman–Crippen LogP) is 2.65. The minimum Gasteiger partial charge on any atom is -0.363 e. The summed E-state index contributed by atoms with van der Waals surface area (Å²) in [5.41, 5.74) is 4.52. The smallest absolute Gasteiger partial charge is 0.315 e. The number of likely N-dealkylation sites (N-methyl/N-ethyl adjacent to an activating group) is 1. The molecule has 2 aliphatic rings. The Labute approximate surface area is 291 Å². The first-order valence-corrected chi connectivity index (χ1v) is 18.8. The molecule has 0 aromatic heterocycles. The quantitative estimate of drug-likeness (QED) is 0.190. The van der Waals surface area contributed by atoms with Crippen molar-refractivity contribution in [3.8, 4) is 0 Å². The molecule has 5 N–H and O–H groups in total. The van der Waals surface area contributed by atoms with E-state index in [4.69, 9.17) is 5.73 Å². The zero-order valence-corrected chi connectivity index (χ0v) is 31.0. The number of likely N-dealkylation sites (tertiary alicyclic amines) is 1. The Balaban J connectivity index is 1.82. The molecular formula is C35H56N6O7S. The Kier molecular flexibility index (Phi) is 13.4.